The maximum atomic E-state index is 10.5. The molecule has 1 N–H and O–H groups in total. The van der Waals surface area contributed by atoms with Gasteiger partial charge in [0.15, 0.2) is 0 Å². The summed E-state index contributed by atoms with van der Waals surface area (Å²) in [5.41, 5.74) is 1.59. The van der Waals surface area contributed by atoms with Crippen LogP contribution in [0.2, 0.25) is 0 Å². The van der Waals surface area contributed by atoms with Gasteiger partial charge >= 0.3 is 0 Å². The third kappa shape index (κ3) is 6.16. The van der Waals surface area contributed by atoms with Gasteiger partial charge in [-0.1, -0.05) is 30.4 Å². The molecule has 0 spiro atoms. The van der Waals surface area contributed by atoms with E-state index in [1.54, 1.807) is 36.4 Å². The van der Waals surface area contributed by atoms with E-state index in [4.69, 9.17) is 0 Å². The molecule has 0 aliphatic heterocycles. The van der Waals surface area contributed by atoms with E-state index < -0.39 is 4.92 Å². The van der Waals surface area contributed by atoms with Crippen LogP contribution in [-0.4, -0.2) is 10.0 Å². The van der Waals surface area contributed by atoms with Gasteiger partial charge in [-0.25, -0.2) is 12.1 Å². The summed E-state index contributed by atoms with van der Waals surface area (Å²) in [6.07, 6.45) is 10.5. The Morgan fingerprint density at radius 1 is 1.08 bits per heavy atom. The summed E-state index contributed by atoms with van der Waals surface area (Å²) >= 11 is 0. The Labute approximate surface area is 151 Å². The molecule has 24 heavy (non-hydrogen) atoms. The van der Waals surface area contributed by atoms with Crippen molar-refractivity contribution >= 4 is 11.8 Å². The summed E-state index contributed by atoms with van der Waals surface area (Å²) in [5, 5.41) is 20.2. The fraction of sp³-hybridized carbons (Fsp3) is 0. The number of non-ortho nitro benzene ring substituents is 1. The molecule has 4 nitrogen and oxygen atoms in total. The van der Waals surface area contributed by atoms with E-state index in [-0.39, 0.29) is 28.5 Å². The summed E-state index contributed by atoms with van der Waals surface area (Å²) in [5.74, 6) is 0.165. The van der Waals surface area contributed by atoms with Gasteiger partial charge in [-0.3, -0.25) is 10.1 Å². The first-order valence-electron chi connectivity index (χ1n) is 7.04. The van der Waals surface area contributed by atoms with Crippen molar-refractivity contribution in [1.82, 2.24) is 0 Å². The van der Waals surface area contributed by atoms with Crippen molar-refractivity contribution < 1.29 is 27.1 Å². The SMILES string of the molecule is O=[N+]([O-])c1ccc(C=CC(O)=C2C=CC=C2)cc1.[Fe].c1cc[cH-]c1. The van der Waals surface area contributed by atoms with Crippen LogP contribution in [0.1, 0.15) is 5.56 Å². The second-order valence-corrected chi connectivity index (χ2v) is 4.70. The van der Waals surface area contributed by atoms with E-state index >= 15 is 0 Å². The second-order valence-electron chi connectivity index (χ2n) is 4.70. The number of nitro benzene ring substituents is 1. The normalized spacial score (nSPS) is 11.8. The van der Waals surface area contributed by atoms with Crippen molar-refractivity contribution in [1.29, 1.82) is 0 Å². The molecule has 0 atom stereocenters. The molecule has 3 rings (SSSR count). The van der Waals surface area contributed by atoms with E-state index in [2.05, 4.69) is 0 Å². The summed E-state index contributed by atoms with van der Waals surface area (Å²) in [4.78, 5) is 10.0. The Morgan fingerprint density at radius 2 is 1.67 bits per heavy atom. The summed E-state index contributed by atoms with van der Waals surface area (Å²) in [6.45, 7) is 0. The molecule has 0 saturated heterocycles. The number of aliphatic hydroxyl groups excluding tert-OH is 1. The number of aliphatic hydroxyl groups is 1. The molecule has 0 fully saturated rings. The molecule has 124 valence electrons. The number of allylic oxidation sites excluding steroid dienone is 6. The molecule has 0 bridgehead atoms. The Hall–Kier alpha value is -2.75. The minimum atomic E-state index is -0.443. The second kappa shape index (κ2) is 10.1. The summed E-state index contributed by atoms with van der Waals surface area (Å²) < 4.78 is 0. The molecule has 5 heteroatoms. The average Bonchev–Trinajstić information content (AvgIpc) is 3.28. The van der Waals surface area contributed by atoms with E-state index in [0.717, 1.165) is 11.1 Å². The zero-order chi connectivity index (χ0) is 16.5. The van der Waals surface area contributed by atoms with Gasteiger partial charge < -0.3 is 5.11 Å². The molecular formula is C19H16FeNO3-. The van der Waals surface area contributed by atoms with Crippen molar-refractivity contribution in [3.05, 3.63) is 112 Å². The Morgan fingerprint density at radius 3 is 2.12 bits per heavy atom. The molecular weight excluding hydrogens is 346 g/mol. The number of benzene rings is 1. The molecule has 0 aromatic heterocycles. The van der Waals surface area contributed by atoms with E-state index in [1.165, 1.54) is 12.1 Å². The predicted molar refractivity (Wildman–Crippen MR) is 92.1 cm³/mol. The van der Waals surface area contributed by atoms with Crippen LogP contribution in [0.5, 0.6) is 0 Å². The Kier molecular flexibility index (Phi) is 8.12. The maximum absolute atomic E-state index is 10.5. The first kappa shape index (κ1) is 19.3. The molecule has 2 aromatic rings. The molecule has 0 amide bonds. The van der Waals surface area contributed by atoms with Crippen LogP contribution in [0.4, 0.5) is 5.69 Å². The van der Waals surface area contributed by atoms with Crippen molar-refractivity contribution in [3.8, 4) is 0 Å². The van der Waals surface area contributed by atoms with E-state index in [1.807, 2.05) is 42.5 Å². The van der Waals surface area contributed by atoms with Crippen LogP contribution in [0.25, 0.3) is 6.08 Å². The number of nitrogens with zero attached hydrogens (tertiary/aromatic N) is 1. The van der Waals surface area contributed by atoms with Gasteiger partial charge in [-0.2, -0.15) is 18.2 Å². The van der Waals surface area contributed by atoms with E-state index in [9.17, 15) is 15.2 Å². The Bertz CT molecular complexity index is 723. The van der Waals surface area contributed by atoms with Crippen LogP contribution < -0.4 is 0 Å². The smallest absolute Gasteiger partial charge is 0.269 e. The van der Waals surface area contributed by atoms with Gasteiger partial charge in [-0.15, -0.1) is 0 Å². The standard InChI is InChI=1S/C14H11NO3.C5H5.Fe/c16-14(12-3-1-2-4-12)10-7-11-5-8-13(9-6-11)15(17)18;1-2-4-5-3-1;/h1-10,16H;1-5H;/q;-1;. The van der Waals surface area contributed by atoms with Gasteiger partial charge in [0.25, 0.3) is 5.69 Å². The maximum Gasteiger partial charge on any atom is 0.269 e. The molecule has 0 heterocycles. The first-order valence-corrected chi connectivity index (χ1v) is 7.04. The third-order valence-electron chi connectivity index (χ3n) is 3.05. The van der Waals surface area contributed by atoms with Gasteiger partial charge in [-0.05, 0) is 23.8 Å². The molecule has 2 aromatic carbocycles. The monoisotopic (exact) mass is 362 g/mol. The van der Waals surface area contributed by atoms with Crippen molar-refractivity contribution in [2.45, 2.75) is 0 Å². The van der Waals surface area contributed by atoms with E-state index in [0.29, 0.717) is 0 Å². The third-order valence-corrected chi connectivity index (χ3v) is 3.05. The van der Waals surface area contributed by atoms with Crippen LogP contribution >= 0.6 is 0 Å². The van der Waals surface area contributed by atoms with Crippen molar-refractivity contribution in [3.63, 3.8) is 0 Å². The summed E-state index contributed by atoms with van der Waals surface area (Å²) in [6, 6.07) is 16.1. The van der Waals surface area contributed by atoms with Crippen LogP contribution in [0, 0.1) is 10.1 Å². The zero-order valence-corrected chi connectivity index (χ0v) is 13.8. The molecule has 0 saturated carbocycles. The average molecular weight is 362 g/mol. The minimum absolute atomic E-state index is 0. The largest absolute Gasteiger partial charge is 0.507 e. The van der Waals surface area contributed by atoms with Crippen LogP contribution in [0.15, 0.2) is 96.3 Å². The molecule has 1 aliphatic rings. The van der Waals surface area contributed by atoms with Crippen LogP contribution in [-0.2, 0) is 17.1 Å². The number of hydrogen-bond donors (Lipinski definition) is 1. The van der Waals surface area contributed by atoms with Crippen molar-refractivity contribution in [2.24, 2.45) is 0 Å². The fourth-order valence-electron chi connectivity index (χ4n) is 1.84. The number of rotatable bonds is 3. The fourth-order valence-corrected chi connectivity index (χ4v) is 1.84. The Balaban J connectivity index is 0.000000412. The van der Waals surface area contributed by atoms with Gasteiger partial charge in [0, 0.05) is 34.8 Å². The summed E-state index contributed by atoms with van der Waals surface area (Å²) in [7, 11) is 0. The number of hydrogen-bond acceptors (Lipinski definition) is 3. The molecule has 0 radical (unpaired) electrons. The van der Waals surface area contributed by atoms with Crippen LogP contribution in [0.3, 0.4) is 0 Å². The van der Waals surface area contributed by atoms with Gasteiger partial charge in [0.2, 0.25) is 0 Å². The molecule has 0 unspecified atom stereocenters. The van der Waals surface area contributed by atoms with Gasteiger partial charge in [0.1, 0.15) is 5.76 Å². The minimum Gasteiger partial charge on any atom is -0.507 e. The zero-order valence-electron chi connectivity index (χ0n) is 12.7. The van der Waals surface area contributed by atoms with Gasteiger partial charge in [0.05, 0.1) is 4.92 Å². The van der Waals surface area contributed by atoms with Crippen molar-refractivity contribution in [2.75, 3.05) is 0 Å². The molecule has 1 aliphatic carbocycles. The predicted octanol–water partition coefficient (Wildman–Crippen LogP) is 4.95. The quantitative estimate of drug-likeness (QED) is 0.276. The first-order chi connectivity index (χ1) is 11.2. The number of nitro groups is 1. The topological polar surface area (TPSA) is 63.4 Å².